The van der Waals surface area contributed by atoms with Crippen LogP contribution in [0.25, 0.3) is 10.1 Å². The maximum Gasteiger partial charge on any atom is 0.228 e. The van der Waals surface area contributed by atoms with Gasteiger partial charge in [0.15, 0.2) is 0 Å². The molecule has 1 N–H and O–H groups in total. The molecule has 3 nitrogen and oxygen atoms in total. The number of piperidine rings is 1. The molecule has 20 heavy (non-hydrogen) atoms. The first kappa shape index (κ1) is 13.8. The number of carbonyl (C=O) groups excluding carboxylic acids is 1. The Labute approximate surface area is 130 Å². The smallest absolute Gasteiger partial charge is 0.228 e. The van der Waals surface area contributed by atoms with Crippen molar-refractivity contribution in [2.75, 3.05) is 7.05 Å². The fraction of sp³-hybridized carbons (Fsp3) is 0.333. The van der Waals surface area contributed by atoms with E-state index in [0.29, 0.717) is 18.7 Å². The highest BCUT2D eigenvalue weighted by Crippen LogP contribution is 2.43. The van der Waals surface area contributed by atoms with Crippen LogP contribution in [0.5, 0.6) is 0 Å². The van der Waals surface area contributed by atoms with E-state index in [1.165, 1.54) is 19.9 Å². The summed E-state index contributed by atoms with van der Waals surface area (Å²) < 4.78 is 2.30. The minimum atomic E-state index is -0.260. The summed E-state index contributed by atoms with van der Waals surface area (Å²) in [5.74, 6) is 0.431. The highest BCUT2D eigenvalue weighted by Gasteiger charge is 2.39. The number of carbonyl (C=O) groups is 1. The van der Waals surface area contributed by atoms with Gasteiger partial charge in [-0.1, -0.05) is 19.1 Å². The van der Waals surface area contributed by atoms with Crippen molar-refractivity contribution < 1.29 is 4.79 Å². The quantitative estimate of drug-likeness (QED) is 0.824. The van der Waals surface area contributed by atoms with Crippen molar-refractivity contribution in [2.24, 2.45) is 0 Å². The molecule has 0 unspecified atom stereocenters. The first-order valence-electron chi connectivity index (χ1n) is 6.43. The van der Waals surface area contributed by atoms with Crippen LogP contribution >= 0.6 is 27.3 Å². The lowest BCUT2D eigenvalue weighted by Gasteiger charge is -2.36. The summed E-state index contributed by atoms with van der Waals surface area (Å²) in [5.41, 5.74) is -0.260. The fourth-order valence-electron chi connectivity index (χ4n) is 2.65. The van der Waals surface area contributed by atoms with Gasteiger partial charge in [-0.25, -0.2) is 0 Å². The predicted octanol–water partition coefficient (Wildman–Crippen LogP) is 4.15. The maximum atomic E-state index is 12.1. The fourth-order valence-corrected chi connectivity index (χ4v) is 4.48. The zero-order valence-corrected chi connectivity index (χ0v) is 13.8. The molecular weight excluding hydrogens is 336 g/mol. The zero-order valence-electron chi connectivity index (χ0n) is 11.4. The Bertz CT molecular complexity index is 704. The zero-order chi connectivity index (χ0) is 14.5. The Kier molecular flexibility index (Phi) is 3.21. The lowest BCUT2D eigenvalue weighted by molar-refractivity contribution is -0.128. The molecule has 1 aromatic heterocycles. The summed E-state index contributed by atoms with van der Waals surface area (Å²) in [6.07, 6.45) is 1.08. The standard InChI is InChI=1S/C15H15BrN2OS/c1-15(7-12(17)18(2)13(19)8-15)11-6-9-4-3-5-10(16)14(9)20-11/h3-6,17H,7-8H2,1-2H3/t15-/m0/s1. The van der Waals surface area contributed by atoms with Gasteiger partial charge in [0.25, 0.3) is 0 Å². The lowest BCUT2D eigenvalue weighted by Crippen LogP contribution is -2.46. The van der Waals surface area contributed by atoms with Crippen LogP contribution in [-0.4, -0.2) is 23.7 Å². The normalized spacial score (nSPS) is 23.6. The number of thiophene rings is 1. The van der Waals surface area contributed by atoms with Gasteiger partial charge in [0, 0.05) is 39.4 Å². The largest absolute Gasteiger partial charge is 0.304 e. The summed E-state index contributed by atoms with van der Waals surface area (Å²) >= 11 is 5.30. The second-order valence-electron chi connectivity index (χ2n) is 5.58. The van der Waals surface area contributed by atoms with Gasteiger partial charge in [-0.3, -0.25) is 10.2 Å². The van der Waals surface area contributed by atoms with Crippen molar-refractivity contribution in [3.8, 4) is 0 Å². The monoisotopic (exact) mass is 350 g/mol. The molecule has 1 atom stereocenters. The summed E-state index contributed by atoms with van der Waals surface area (Å²) in [6.45, 7) is 2.09. The molecule has 1 aliphatic rings. The molecule has 104 valence electrons. The third kappa shape index (κ3) is 2.09. The van der Waals surface area contributed by atoms with Crippen LogP contribution in [0.4, 0.5) is 0 Å². The maximum absolute atomic E-state index is 12.1. The summed E-state index contributed by atoms with van der Waals surface area (Å²) in [4.78, 5) is 14.7. The molecule has 1 aromatic carbocycles. The average Bonchev–Trinajstić information content (AvgIpc) is 2.82. The van der Waals surface area contributed by atoms with Gasteiger partial charge >= 0.3 is 0 Å². The van der Waals surface area contributed by atoms with Gasteiger partial charge < -0.3 is 4.90 Å². The molecule has 1 fully saturated rings. The van der Waals surface area contributed by atoms with Crippen LogP contribution in [0, 0.1) is 5.41 Å². The first-order chi connectivity index (χ1) is 9.40. The average molecular weight is 351 g/mol. The van der Waals surface area contributed by atoms with Gasteiger partial charge in [-0.2, -0.15) is 0 Å². The number of rotatable bonds is 1. The molecule has 2 aromatic rings. The number of benzene rings is 1. The number of nitrogens with one attached hydrogen (secondary N) is 1. The van der Waals surface area contributed by atoms with E-state index >= 15 is 0 Å². The molecule has 1 aliphatic heterocycles. The predicted molar refractivity (Wildman–Crippen MR) is 86.6 cm³/mol. The number of hydrogen-bond acceptors (Lipinski definition) is 3. The summed E-state index contributed by atoms with van der Waals surface area (Å²) in [6, 6.07) is 8.31. The molecule has 0 aliphatic carbocycles. The van der Waals surface area contributed by atoms with E-state index in [9.17, 15) is 4.79 Å². The van der Waals surface area contributed by atoms with Gasteiger partial charge in [-0.15, -0.1) is 11.3 Å². The summed E-state index contributed by atoms with van der Waals surface area (Å²) in [7, 11) is 1.69. The molecule has 0 radical (unpaired) electrons. The number of fused-ring (bicyclic) bond motifs is 1. The second-order valence-corrected chi connectivity index (χ2v) is 7.49. The Hall–Kier alpha value is -1.20. The SMILES string of the molecule is CN1C(=N)C[C@](C)(c2cc3cccc(Br)c3s2)CC1=O. The van der Waals surface area contributed by atoms with Crippen molar-refractivity contribution in [3.63, 3.8) is 0 Å². The topological polar surface area (TPSA) is 44.2 Å². The molecule has 0 spiro atoms. The van der Waals surface area contributed by atoms with Crippen LogP contribution in [0.2, 0.25) is 0 Å². The summed E-state index contributed by atoms with van der Waals surface area (Å²) in [5, 5.41) is 9.20. The highest BCUT2D eigenvalue weighted by molar-refractivity contribution is 9.10. The van der Waals surface area contributed by atoms with Crippen LogP contribution in [-0.2, 0) is 10.2 Å². The third-order valence-electron chi connectivity index (χ3n) is 3.97. The third-order valence-corrected chi connectivity index (χ3v) is 6.38. The molecule has 1 saturated heterocycles. The number of amidine groups is 1. The van der Waals surface area contributed by atoms with E-state index in [1.54, 1.807) is 18.4 Å². The number of likely N-dealkylation sites (tertiary alicyclic amines) is 1. The minimum absolute atomic E-state index is 0.0280. The molecular formula is C15H15BrN2OS. The van der Waals surface area contributed by atoms with Crippen molar-refractivity contribution >= 4 is 49.1 Å². The van der Waals surface area contributed by atoms with E-state index < -0.39 is 0 Å². The Morgan fingerprint density at radius 2 is 2.15 bits per heavy atom. The van der Waals surface area contributed by atoms with Gasteiger partial charge in [0.1, 0.15) is 5.84 Å². The van der Waals surface area contributed by atoms with Crippen molar-refractivity contribution in [1.82, 2.24) is 4.90 Å². The molecule has 5 heteroatoms. The second kappa shape index (κ2) is 4.67. The van der Waals surface area contributed by atoms with Crippen LogP contribution < -0.4 is 0 Å². The van der Waals surface area contributed by atoms with E-state index in [1.807, 2.05) is 12.1 Å². The van der Waals surface area contributed by atoms with Crippen molar-refractivity contribution in [2.45, 2.75) is 25.2 Å². The number of halogens is 1. The van der Waals surface area contributed by atoms with Gasteiger partial charge in [0.2, 0.25) is 5.91 Å². The molecule has 2 heterocycles. The lowest BCUT2D eigenvalue weighted by atomic mass is 9.78. The van der Waals surface area contributed by atoms with Crippen molar-refractivity contribution in [3.05, 3.63) is 33.6 Å². The van der Waals surface area contributed by atoms with Crippen LogP contribution in [0.3, 0.4) is 0 Å². The van der Waals surface area contributed by atoms with E-state index in [-0.39, 0.29) is 11.3 Å². The number of nitrogens with zero attached hydrogens (tertiary/aromatic N) is 1. The molecule has 3 rings (SSSR count). The van der Waals surface area contributed by atoms with E-state index in [2.05, 4.69) is 35.0 Å². The number of amides is 1. The van der Waals surface area contributed by atoms with E-state index in [4.69, 9.17) is 5.41 Å². The Morgan fingerprint density at radius 1 is 1.40 bits per heavy atom. The molecule has 0 saturated carbocycles. The Morgan fingerprint density at radius 3 is 2.80 bits per heavy atom. The Balaban J connectivity index is 2.08. The minimum Gasteiger partial charge on any atom is -0.304 e. The van der Waals surface area contributed by atoms with Gasteiger partial charge in [-0.05, 0) is 33.4 Å². The highest BCUT2D eigenvalue weighted by atomic mass is 79.9. The number of hydrogen-bond donors (Lipinski definition) is 1. The van der Waals surface area contributed by atoms with Crippen LogP contribution in [0.1, 0.15) is 24.6 Å². The molecule has 0 bridgehead atoms. The molecule has 1 amide bonds. The van der Waals surface area contributed by atoms with Crippen molar-refractivity contribution in [1.29, 1.82) is 5.41 Å². The first-order valence-corrected chi connectivity index (χ1v) is 8.04. The van der Waals surface area contributed by atoms with E-state index in [0.717, 1.165) is 4.47 Å². The van der Waals surface area contributed by atoms with Crippen LogP contribution in [0.15, 0.2) is 28.7 Å². The van der Waals surface area contributed by atoms with Gasteiger partial charge in [0.05, 0.1) is 0 Å².